The Balaban J connectivity index is 2.14. The lowest BCUT2D eigenvalue weighted by atomic mass is 10.4. The van der Waals surface area contributed by atoms with Crippen molar-refractivity contribution in [3.63, 3.8) is 0 Å². The van der Waals surface area contributed by atoms with Gasteiger partial charge in [-0.05, 0) is 11.5 Å². The van der Waals surface area contributed by atoms with Gasteiger partial charge in [-0.15, -0.1) is 0 Å². The Morgan fingerprint density at radius 2 is 2.39 bits per heavy atom. The molecule has 2 heterocycles. The molecule has 0 aliphatic rings. The molecule has 0 spiro atoms. The molecule has 0 atom stereocenters. The van der Waals surface area contributed by atoms with Gasteiger partial charge in [0.2, 0.25) is 0 Å². The van der Waals surface area contributed by atoms with E-state index in [1.165, 1.54) is 12.3 Å². The van der Waals surface area contributed by atoms with E-state index in [0.29, 0.717) is 10.8 Å². The number of anilines is 2. The summed E-state index contributed by atoms with van der Waals surface area (Å²) in [5, 5.41) is 16.1. The molecule has 5 nitrogen and oxygen atoms in total. The molecule has 0 amide bonds. The molecule has 18 heavy (non-hydrogen) atoms. The first-order valence-corrected chi connectivity index (χ1v) is 5.89. The molecule has 0 saturated heterocycles. The number of aromatic nitrogens is 3. The highest BCUT2D eigenvalue weighted by Crippen LogP contribution is 2.29. The van der Waals surface area contributed by atoms with Crippen LogP contribution >= 0.6 is 23.1 Å². The van der Waals surface area contributed by atoms with Crippen LogP contribution in [0.25, 0.3) is 0 Å². The third kappa shape index (κ3) is 2.75. The van der Waals surface area contributed by atoms with Gasteiger partial charge in [-0.1, -0.05) is 11.6 Å². The fourth-order valence-electron chi connectivity index (χ4n) is 1.24. The molecule has 0 aliphatic carbocycles. The Morgan fingerprint density at radius 1 is 1.61 bits per heavy atom. The lowest BCUT2D eigenvalue weighted by Gasteiger charge is -2.00. The van der Waals surface area contributed by atoms with E-state index in [1.807, 2.05) is 6.07 Å². The zero-order chi connectivity index (χ0) is 13.1. The molecule has 2 aromatic rings. The average Bonchev–Trinajstić information content (AvgIpc) is 2.86. The van der Waals surface area contributed by atoms with Gasteiger partial charge in [0.05, 0.1) is 0 Å². The molecule has 94 valence electrons. The van der Waals surface area contributed by atoms with Gasteiger partial charge in [-0.2, -0.15) is 14.7 Å². The maximum atomic E-state index is 12.1. The quantitative estimate of drug-likeness (QED) is 0.940. The molecule has 0 bridgehead atoms. The molecule has 0 saturated carbocycles. The third-order valence-electron chi connectivity index (χ3n) is 1.97. The van der Waals surface area contributed by atoms with Crippen molar-refractivity contribution in [2.75, 3.05) is 5.32 Å². The van der Waals surface area contributed by atoms with Crippen LogP contribution in [0.3, 0.4) is 0 Å². The average molecular weight is 290 g/mol. The number of alkyl halides is 2. The monoisotopic (exact) mass is 289 g/mol. The number of nitrogens with zero attached hydrogens (tertiary/aromatic N) is 4. The van der Waals surface area contributed by atoms with Crippen molar-refractivity contribution >= 4 is 34.0 Å². The summed E-state index contributed by atoms with van der Waals surface area (Å²) >= 11 is 6.70. The van der Waals surface area contributed by atoms with Crippen LogP contribution in [0.1, 0.15) is 5.56 Å². The minimum atomic E-state index is -2.47. The zero-order valence-corrected chi connectivity index (χ0v) is 10.3. The minimum absolute atomic E-state index is 0.108. The van der Waals surface area contributed by atoms with Crippen LogP contribution in [0, 0.1) is 11.3 Å². The van der Waals surface area contributed by atoms with Crippen molar-refractivity contribution in [3.05, 3.63) is 23.0 Å². The van der Waals surface area contributed by atoms with Crippen LogP contribution < -0.4 is 5.32 Å². The van der Waals surface area contributed by atoms with Crippen LogP contribution in [0.2, 0.25) is 5.15 Å². The second-order valence-electron chi connectivity index (χ2n) is 3.23. The molecule has 2 aromatic heterocycles. The van der Waals surface area contributed by atoms with Gasteiger partial charge in [0.15, 0.2) is 11.0 Å². The first-order chi connectivity index (χ1) is 8.60. The van der Waals surface area contributed by atoms with Gasteiger partial charge >= 0.3 is 0 Å². The molecule has 9 heteroatoms. The van der Waals surface area contributed by atoms with E-state index in [0.717, 1.165) is 16.2 Å². The second-order valence-corrected chi connectivity index (χ2v) is 4.36. The van der Waals surface area contributed by atoms with Gasteiger partial charge in [-0.3, -0.25) is 4.68 Å². The van der Waals surface area contributed by atoms with Crippen LogP contribution in [0.5, 0.6) is 0 Å². The SMILES string of the molecule is N#Cc1c(Cl)nsc1Nc1ccn(CC(F)F)n1. The molecular weight excluding hydrogens is 284 g/mol. The molecule has 0 aliphatic heterocycles. The predicted octanol–water partition coefficient (Wildman–Crippen LogP) is 2.87. The summed E-state index contributed by atoms with van der Waals surface area (Å²) in [4.78, 5) is 0. The summed E-state index contributed by atoms with van der Waals surface area (Å²) in [5.41, 5.74) is 0.213. The number of nitriles is 1. The second kappa shape index (κ2) is 5.29. The van der Waals surface area contributed by atoms with E-state index in [1.54, 1.807) is 0 Å². The fraction of sp³-hybridized carbons (Fsp3) is 0.222. The van der Waals surface area contributed by atoms with E-state index in [9.17, 15) is 8.78 Å². The Hall–Kier alpha value is -1.72. The van der Waals surface area contributed by atoms with Crippen molar-refractivity contribution < 1.29 is 8.78 Å². The van der Waals surface area contributed by atoms with Crippen LogP contribution in [-0.2, 0) is 6.54 Å². The molecule has 1 N–H and O–H groups in total. The van der Waals surface area contributed by atoms with Crippen molar-refractivity contribution in [2.45, 2.75) is 13.0 Å². The molecule has 0 aromatic carbocycles. The Morgan fingerprint density at radius 3 is 3.06 bits per heavy atom. The Kier molecular flexibility index (Phi) is 3.74. The Bertz CT molecular complexity index is 588. The van der Waals surface area contributed by atoms with E-state index >= 15 is 0 Å². The van der Waals surface area contributed by atoms with Crippen LogP contribution in [0.4, 0.5) is 19.6 Å². The van der Waals surface area contributed by atoms with Gasteiger partial charge in [0.1, 0.15) is 23.2 Å². The number of halogens is 3. The van der Waals surface area contributed by atoms with Gasteiger partial charge in [0, 0.05) is 12.3 Å². The van der Waals surface area contributed by atoms with Crippen LogP contribution in [-0.4, -0.2) is 20.6 Å². The number of nitrogens with one attached hydrogen (secondary N) is 1. The smallest absolute Gasteiger partial charge is 0.257 e. The highest BCUT2D eigenvalue weighted by atomic mass is 35.5. The van der Waals surface area contributed by atoms with Crippen molar-refractivity contribution in [3.8, 4) is 6.07 Å². The summed E-state index contributed by atoms with van der Waals surface area (Å²) in [6, 6.07) is 3.43. The summed E-state index contributed by atoms with van der Waals surface area (Å²) in [5.74, 6) is 0.354. The molecular formula is C9H6ClF2N5S. The third-order valence-corrected chi connectivity index (χ3v) is 3.11. The van der Waals surface area contributed by atoms with E-state index in [4.69, 9.17) is 16.9 Å². The normalized spacial score (nSPS) is 10.6. The maximum Gasteiger partial charge on any atom is 0.257 e. The molecule has 2 rings (SSSR count). The topological polar surface area (TPSA) is 66.5 Å². The minimum Gasteiger partial charge on any atom is -0.328 e. The van der Waals surface area contributed by atoms with Crippen molar-refractivity contribution in [1.29, 1.82) is 5.26 Å². The van der Waals surface area contributed by atoms with E-state index < -0.39 is 13.0 Å². The highest BCUT2D eigenvalue weighted by molar-refractivity contribution is 7.10. The maximum absolute atomic E-state index is 12.1. The van der Waals surface area contributed by atoms with E-state index in [-0.39, 0.29) is 10.7 Å². The van der Waals surface area contributed by atoms with Gasteiger partial charge in [0.25, 0.3) is 6.43 Å². The van der Waals surface area contributed by atoms with Crippen molar-refractivity contribution in [1.82, 2.24) is 14.2 Å². The van der Waals surface area contributed by atoms with Crippen LogP contribution in [0.15, 0.2) is 12.3 Å². The number of hydrogen-bond donors (Lipinski definition) is 1. The predicted molar refractivity (Wildman–Crippen MR) is 63.4 cm³/mol. The number of hydrogen-bond acceptors (Lipinski definition) is 5. The summed E-state index contributed by atoms with van der Waals surface area (Å²) in [7, 11) is 0. The lowest BCUT2D eigenvalue weighted by molar-refractivity contribution is 0.122. The first-order valence-electron chi connectivity index (χ1n) is 4.74. The standard InChI is InChI=1S/C9H6ClF2N5S/c10-8-5(3-13)9(18-16-8)14-7-1-2-17(15-7)4-6(11)12/h1-2,6H,4H2,(H,14,15). The highest BCUT2D eigenvalue weighted by Gasteiger charge is 2.13. The largest absolute Gasteiger partial charge is 0.328 e. The summed E-state index contributed by atoms with van der Waals surface area (Å²) < 4.78 is 29.2. The number of rotatable bonds is 4. The lowest BCUT2D eigenvalue weighted by Crippen LogP contribution is -2.07. The Labute approximate surface area is 110 Å². The summed E-state index contributed by atoms with van der Waals surface area (Å²) in [6.45, 7) is -0.476. The van der Waals surface area contributed by atoms with Gasteiger partial charge < -0.3 is 5.32 Å². The van der Waals surface area contributed by atoms with Crippen molar-refractivity contribution in [2.24, 2.45) is 0 Å². The van der Waals surface area contributed by atoms with E-state index in [2.05, 4.69) is 14.8 Å². The first kappa shape index (κ1) is 12.7. The molecule has 0 radical (unpaired) electrons. The van der Waals surface area contributed by atoms with Gasteiger partial charge in [-0.25, -0.2) is 8.78 Å². The molecule has 0 fully saturated rings. The fourth-order valence-corrected chi connectivity index (χ4v) is 2.18. The molecule has 0 unspecified atom stereocenters. The zero-order valence-electron chi connectivity index (χ0n) is 8.77. The summed E-state index contributed by atoms with van der Waals surface area (Å²) in [6.07, 6.45) is -1.05.